The number of aromatic nitrogens is 1. The maximum Gasteiger partial charge on any atom is 0.129 e. The Morgan fingerprint density at radius 2 is 2.00 bits per heavy atom. The largest absolute Gasteiger partial charge is 0.392 e. The van der Waals surface area contributed by atoms with E-state index >= 15 is 0 Å². The molecular formula is C16H24N2O. The lowest BCUT2D eigenvalue weighted by molar-refractivity contribution is 0.242. The minimum atomic E-state index is 0.109. The van der Waals surface area contributed by atoms with Crippen molar-refractivity contribution in [1.29, 1.82) is 0 Å². The van der Waals surface area contributed by atoms with Crippen molar-refractivity contribution in [3.63, 3.8) is 0 Å². The quantitative estimate of drug-likeness (QED) is 0.888. The van der Waals surface area contributed by atoms with Crippen molar-refractivity contribution in [1.82, 2.24) is 4.98 Å². The monoisotopic (exact) mass is 260 g/mol. The van der Waals surface area contributed by atoms with Gasteiger partial charge in [-0.3, -0.25) is 0 Å². The summed E-state index contributed by atoms with van der Waals surface area (Å²) in [7, 11) is 0. The van der Waals surface area contributed by atoms with Crippen molar-refractivity contribution >= 4 is 5.82 Å². The van der Waals surface area contributed by atoms with E-state index in [0.717, 1.165) is 29.5 Å². The molecule has 2 atom stereocenters. The van der Waals surface area contributed by atoms with Crippen LogP contribution in [0.3, 0.4) is 0 Å². The second kappa shape index (κ2) is 5.49. The molecule has 1 saturated heterocycles. The molecule has 3 nitrogen and oxygen atoms in total. The Bertz CT molecular complexity index is 444. The van der Waals surface area contributed by atoms with Crippen molar-refractivity contribution in [2.24, 2.45) is 5.92 Å². The molecule has 0 radical (unpaired) electrons. The molecule has 2 aliphatic rings. The van der Waals surface area contributed by atoms with Crippen molar-refractivity contribution in [3.8, 4) is 0 Å². The first-order valence-electron chi connectivity index (χ1n) is 7.63. The Kier molecular flexibility index (Phi) is 3.74. The second-order valence-electron chi connectivity index (χ2n) is 6.08. The van der Waals surface area contributed by atoms with Gasteiger partial charge >= 0.3 is 0 Å². The maximum absolute atomic E-state index is 9.37. The SMILES string of the molecule is Cc1cc(CO)cc(N2CCC[C@H]3CCCC[C@H]32)n1. The number of aliphatic hydroxyl groups excluding tert-OH is 1. The van der Waals surface area contributed by atoms with Crippen LogP contribution in [0.4, 0.5) is 5.82 Å². The number of aliphatic hydroxyl groups is 1. The van der Waals surface area contributed by atoms with Crippen LogP contribution in [0.15, 0.2) is 12.1 Å². The summed E-state index contributed by atoms with van der Waals surface area (Å²) in [4.78, 5) is 7.22. The molecule has 1 aromatic heterocycles. The molecule has 2 fully saturated rings. The van der Waals surface area contributed by atoms with E-state index in [0.29, 0.717) is 6.04 Å². The first kappa shape index (κ1) is 12.9. The van der Waals surface area contributed by atoms with Gasteiger partial charge < -0.3 is 10.0 Å². The van der Waals surface area contributed by atoms with E-state index in [1.807, 2.05) is 13.0 Å². The fourth-order valence-electron chi connectivity index (χ4n) is 3.87. The van der Waals surface area contributed by atoms with Gasteiger partial charge in [0.15, 0.2) is 0 Å². The lowest BCUT2D eigenvalue weighted by atomic mass is 9.78. The molecular weight excluding hydrogens is 236 g/mol. The fourth-order valence-corrected chi connectivity index (χ4v) is 3.87. The Labute approximate surface area is 115 Å². The summed E-state index contributed by atoms with van der Waals surface area (Å²) in [5.74, 6) is 1.95. The molecule has 0 aromatic carbocycles. The van der Waals surface area contributed by atoms with Crippen LogP contribution in [0.2, 0.25) is 0 Å². The molecule has 1 aromatic rings. The number of rotatable bonds is 2. The van der Waals surface area contributed by atoms with Crippen LogP contribution in [0.1, 0.15) is 49.8 Å². The predicted molar refractivity (Wildman–Crippen MR) is 77.2 cm³/mol. The highest BCUT2D eigenvalue weighted by molar-refractivity contribution is 5.44. The van der Waals surface area contributed by atoms with Gasteiger partial charge in [0.05, 0.1) is 6.61 Å². The van der Waals surface area contributed by atoms with E-state index in [4.69, 9.17) is 4.98 Å². The summed E-state index contributed by atoms with van der Waals surface area (Å²) in [5, 5.41) is 9.37. The summed E-state index contributed by atoms with van der Waals surface area (Å²) >= 11 is 0. The lowest BCUT2D eigenvalue weighted by Crippen LogP contribution is -2.47. The Balaban J connectivity index is 1.89. The molecule has 19 heavy (non-hydrogen) atoms. The zero-order valence-electron chi connectivity index (χ0n) is 11.8. The number of piperidine rings is 1. The number of aryl methyl sites for hydroxylation is 1. The summed E-state index contributed by atoms with van der Waals surface area (Å²) < 4.78 is 0. The van der Waals surface area contributed by atoms with Gasteiger partial charge in [0.25, 0.3) is 0 Å². The fraction of sp³-hybridized carbons (Fsp3) is 0.688. The zero-order valence-corrected chi connectivity index (χ0v) is 11.8. The van der Waals surface area contributed by atoms with Gasteiger partial charge in [-0.05, 0) is 56.2 Å². The highest BCUT2D eigenvalue weighted by atomic mass is 16.3. The highest BCUT2D eigenvalue weighted by Crippen LogP contribution is 2.37. The van der Waals surface area contributed by atoms with Gasteiger partial charge in [-0.15, -0.1) is 0 Å². The number of pyridine rings is 1. The molecule has 2 heterocycles. The third-order valence-corrected chi connectivity index (χ3v) is 4.72. The smallest absolute Gasteiger partial charge is 0.129 e. The van der Waals surface area contributed by atoms with Crippen molar-refractivity contribution < 1.29 is 5.11 Å². The van der Waals surface area contributed by atoms with Gasteiger partial charge in [-0.2, -0.15) is 0 Å². The third kappa shape index (κ3) is 2.62. The zero-order chi connectivity index (χ0) is 13.2. The first-order valence-corrected chi connectivity index (χ1v) is 7.63. The van der Waals surface area contributed by atoms with Gasteiger partial charge in [-0.1, -0.05) is 12.8 Å². The number of fused-ring (bicyclic) bond motifs is 1. The minimum absolute atomic E-state index is 0.109. The average Bonchev–Trinajstić information content (AvgIpc) is 2.46. The summed E-state index contributed by atoms with van der Waals surface area (Å²) in [6, 6.07) is 4.74. The van der Waals surface area contributed by atoms with E-state index in [9.17, 15) is 5.11 Å². The number of hydrogen-bond acceptors (Lipinski definition) is 3. The number of anilines is 1. The van der Waals surface area contributed by atoms with Crippen molar-refractivity contribution in [2.45, 2.75) is 58.1 Å². The Morgan fingerprint density at radius 3 is 2.84 bits per heavy atom. The molecule has 1 aliphatic heterocycles. The summed E-state index contributed by atoms with van der Waals surface area (Å²) in [6.07, 6.45) is 8.13. The van der Waals surface area contributed by atoms with Crippen LogP contribution < -0.4 is 4.90 Å². The minimum Gasteiger partial charge on any atom is -0.392 e. The molecule has 104 valence electrons. The molecule has 1 saturated carbocycles. The number of nitrogens with zero attached hydrogens (tertiary/aromatic N) is 2. The molecule has 3 rings (SSSR count). The standard InChI is InChI=1S/C16H24N2O/c1-12-9-13(11-19)10-16(17-12)18-8-4-6-14-5-2-3-7-15(14)18/h9-10,14-15,19H,2-8,11H2,1H3/t14-,15-/m1/s1. The van der Waals surface area contributed by atoms with Gasteiger partial charge in [0, 0.05) is 18.3 Å². The Hall–Kier alpha value is -1.09. The van der Waals surface area contributed by atoms with E-state index in [-0.39, 0.29) is 6.61 Å². The normalized spacial score (nSPS) is 27.2. The van der Waals surface area contributed by atoms with E-state index in [1.165, 1.54) is 38.5 Å². The van der Waals surface area contributed by atoms with Crippen LogP contribution in [-0.4, -0.2) is 22.7 Å². The lowest BCUT2D eigenvalue weighted by Gasteiger charge is -2.45. The average molecular weight is 260 g/mol. The summed E-state index contributed by atoms with van der Waals surface area (Å²) in [6.45, 7) is 3.26. The summed E-state index contributed by atoms with van der Waals surface area (Å²) in [5.41, 5.74) is 2.00. The van der Waals surface area contributed by atoms with Crippen LogP contribution >= 0.6 is 0 Å². The molecule has 0 bridgehead atoms. The van der Waals surface area contributed by atoms with Crippen LogP contribution in [-0.2, 0) is 6.61 Å². The van der Waals surface area contributed by atoms with Gasteiger partial charge in [0.2, 0.25) is 0 Å². The molecule has 0 amide bonds. The molecule has 1 aliphatic carbocycles. The third-order valence-electron chi connectivity index (χ3n) is 4.72. The van der Waals surface area contributed by atoms with Gasteiger partial charge in [0.1, 0.15) is 5.82 Å². The van der Waals surface area contributed by atoms with Crippen LogP contribution in [0.25, 0.3) is 0 Å². The topological polar surface area (TPSA) is 36.4 Å². The van der Waals surface area contributed by atoms with Crippen LogP contribution in [0, 0.1) is 12.8 Å². The maximum atomic E-state index is 9.37. The number of hydrogen-bond donors (Lipinski definition) is 1. The predicted octanol–water partition coefficient (Wildman–Crippen LogP) is 3.04. The second-order valence-corrected chi connectivity index (χ2v) is 6.08. The van der Waals surface area contributed by atoms with Crippen molar-refractivity contribution in [2.75, 3.05) is 11.4 Å². The van der Waals surface area contributed by atoms with Crippen LogP contribution in [0.5, 0.6) is 0 Å². The molecule has 3 heteroatoms. The van der Waals surface area contributed by atoms with Crippen molar-refractivity contribution in [3.05, 3.63) is 23.4 Å². The van der Waals surface area contributed by atoms with Gasteiger partial charge in [-0.25, -0.2) is 4.98 Å². The molecule has 0 spiro atoms. The Morgan fingerprint density at radius 1 is 1.21 bits per heavy atom. The highest BCUT2D eigenvalue weighted by Gasteiger charge is 2.33. The molecule has 0 unspecified atom stereocenters. The first-order chi connectivity index (χ1) is 9.28. The van der Waals surface area contributed by atoms with E-state index < -0.39 is 0 Å². The van der Waals surface area contributed by atoms with E-state index in [1.54, 1.807) is 0 Å². The molecule has 1 N–H and O–H groups in total. The van der Waals surface area contributed by atoms with E-state index in [2.05, 4.69) is 11.0 Å².